The molecular formula is C24H32N4O3S. The number of rotatable bonds is 9. The number of carbonyl (C=O) groups is 1. The molecule has 172 valence electrons. The maximum Gasteiger partial charge on any atom is 0.245 e. The number of aromatic nitrogens is 2. The lowest BCUT2D eigenvalue weighted by atomic mass is 10.2. The average molecular weight is 457 g/mol. The number of para-hydroxylation sites is 1. The number of nitrogens with zero attached hydrogens (tertiary/aromatic N) is 4. The number of benzene rings is 1. The molecule has 0 N–H and O–H groups in total. The Morgan fingerprint density at radius 1 is 1.06 bits per heavy atom. The number of pyridine rings is 1. The van der Waals surface area contributed by atoms with Crippen molar-refractivity contribution in [2.75, 3.05) is 13.1 Å². The maximum absolute atomic E-state index is 13.7. The van der Waals surface area contributed by atoms with Crippen LogP contribution in [-0.4, -0.2) is 52.2 Å². The van der Waals surface area contributed by atoms with Crippen LogP contribution in [0.2, 0.25) is 0 Å². The van der Waals surface area contributed by atoms with Crippen LogP contribution in [0.4, 0.5) is 0 Å². The molecule has 0 aliphatic carbocycles. The van der Waals surface area contributed by atoms with Crippen molar-refractivity contribution in [3.05, 3.63) is 60.6 Å². The number of fused-ring (bicyclic) bond motifs is 1. The second-order valence-corrected chi connectivity index (χ2v) is 10.6. The lowest BCUT2D eigenvalue weighted by Gasteiger charge is -2.30. The molecular weight excluding hydrogens is 424 g/mol. The van der Waals surface area contributed by atoms with E-state index < -0.39 is 10.0 Å². The van der Waals surface area contributed by atoms with Crippen molar-refractivity contribution in [3.63, 3.8) is 0 Å². The lowest BCUT2D eigenvalue weighted by Crippen LogP contribution is -2.46. The largest absolute Gasteiger partial charge is 0.353 e. The predicted molar refractivity (Wildman–Crippen MR) is 126 cm³/mol. The highest BCUT2D eigenvalue weighted by Gasteiger charge is 2.32. The van der Waals surface area contributed by atoms with Crippen molar-refractivity contribution < 1.29 is 13.2 Å². The molecule has 2 aromatic heterocycles. The van der Waals surface area contributed by atoms with Gasteiger partial charge in [0.1, 0.15) is 4.90 Å². The zero-order valence-electron chi connectivity index (χ0n) is 19.4. The van der Waals surface area contributed by atoms with E-state index in [-0.39, 0.29) is 29.3 Å². The summed E-state index contributed by atoms with van der Waals surface area (Å²) in [4.78, 5) is 19.5. The van der Waals surface area contributed by atoms with Crippen molar-refractivity contribution in [2.24, 2.45) is 13.0 Å². The zero-order chi connectivity index (χ0) is 23.5. The summed E-state index contributed by atoms with van der Waals surface area (Å²) in [7, 11) is -2.00. The monoisotopic (exact) mass is 456 g/mol. The molecule has 0 radical (unpaired) electrons. The molecule has 3 rings (SSSR count). The summed E-state index contributed by atoms with van der Waals surface area (Å²) in [5, 5.41) is 0.744. The van der Waals surface area contributed by atoms with Gasteiger partial charge < -0.3 is 9.47 Å². The first-order valence-electron chi connectivity index (χ1n) is 10.8. The molecule has 0 saturated heterocycles. The highest BCUT2D eigenvalue weighted by molar-refractivity contribution is 7.89. The van der Waals surface area contributed by atoms with Gasteiger partial charge in [0.2, 0.25) is 15.9 Å². The lowest BCUT2D eigenvalue weighted by molar-refractivity contribution is -0.132. The van der Waals surface area contributed by atoms with Crippen LogP contribution in [0, 0.1) is 5.92 Å². The van der Waals surface area contributed by atoms with Gasteiger partial charge >= 0.3 is 0 Å². The summed E-state index contributed by atoms with van der Waals surface area (Å²) in [6.45, 7) is 8.42. The van der Waals surface area contributed by atoms with Crippen LogP contribution < -0.4 is 0 Å². The van der Waals surface area contributed by atoms with Gasteiger partial charge in [-0.15, -0.1) is 0 Å². The van der Waals surface area contributed by atoms with Crippen LogP contribution in [0.15, 0.2) is 59.8 Å². The second-order valence-electron chi connectivity index (χ2n) is 8.75. The number of carbonyl (C=O) groups excluding carboxylic acids is 1. The first-order valence-corrected chi connectivity index (χ1v) is 12.3. The molecule has 0 aliphatic rings. The van der Waals surface area contributed by atoms with E-state index in [2.05, 4.69) is 4.98 Å². The smallest absolute Gasteiger partial charge is 0.245 e. The van der Waals surface area contributed by atoms with Crippen LogP contribution in [0.1, 0.15) is 33.4 Å². The van der Waals surface area contributed by atoms with Gasteiger partial charge in [0.15, 0.2) is 0 Å². The van der Waals surface area contributed by atoms with Gasteiger partial charge in [0.25, 0.3) is 0 Å². The second kappa shape index (κ2) is 9.83. The Hall–Kier alpha value is -2.71. The molecule has 0 saturated carbocycles. The summed E-state index contributed by atoms with van der Waals surface area (Å²) < 4.78 is 30.5. The molecule has 0 aliphatic heterocycles. The van der Waals surface area contributed by atoms with Gasteiger partial charge in [-0.1, -0.05) is 32.0 Å². The maximum atomic E-state index is 13.7. The Labute approximate surface area is 190 Å². The minimum absolute atomic E-state index is 0.120. The molecule has 7 nitrogen and oxygen atoms in total. The third-order valence-electron chi connectivity index (χ3n) is 5.39. The van der Waals surface area contributed by atoms with Crippen LogP contribution in [0.5, 0.6) is 0 Å². The third kappa shape index (κ3) is 5.19. The molecule has 1 aromatic carbocycles. The summed E-state index contributed by atoms with van der Waals surface area (Å²) in [6, 6.07) is 12.2. The van der Waals surface area contributed by atoms with Crippen molar-refractivity contribution in [1.29, 1.82) is 0 Å². The van der Waals surface area contributed by atoms with E-state index in [0.717, 1.165) is 11.1 Å². The summed E-state index contributed by atoms with van der Waals surface area (Å²) in [5.41, 5.74) is 1.41. The molecule has 1 amide bonds. The highest BCUT2D eigenvalue weighted by Crippen LogP contribution is 2.25. The molecule has 0 spiro atoms. The predicted octanol–water partition coefficient (Wildman–Crippen LogP) is 3.66. The van der Waals surface area contributed by atoms with Gasteiger partial charge in [-0.25, -0.2) is 8.42 Å². The number of sulfonamides is 1. The molecule has 3 aromatic rings. The first kappa shape index (κ1) is 23.9. The van der Waals surface area contributed by atoms with Gasteiger partial charge in [-0.3, -0.25) is 9.78 Å². The van der Waals surface area contributed by atoms with Gasteiger partial charge in [0, 0.05) is 43.1 Å². The number of hydrogen-bond donors (Lipinski definition) is 0. The molecule has 0 atom stereocenters. The SMILES string of the molecule is CC(C)CN(Cc1cccn1C)C(=O)CN(C(C)C)S(=O)(=O)c1cccc2cccnc12. The van der Waals surface area contributed by atoms with Crippen molar-refractivity contribution >= 4 is 26.8 Å². The topological polar surface area (TPSA) is 75.5 Å². The van der Waals surface area contributed by atoms with E-state index >= 15 is 0 Å². The fourth-order valence-corrected chi connectivity index (χ4v) is 5.49. The Balaban J connectivity index is 1.93. The van der Waals surface area contributed by atoms with Gasteiger partial charge in [-0.2, -0.15) is 4.31 Å². The molecule has 2 heterocycles. The minimum atomic E-state index is -3.94. The van der Waals surface area contributed by atoms with Gasteiger partial charge in [0.05, 0.1) is 18.6 Å². The van der Waals surface area contributed by atoms with E-state index in [9.17, 15) is 13.2 Å². The number of amides is 1. The molecule has 0 fully saturated rings. The minimum Gasteiger partial charge on any atom is -0.353 e. The summed E-state index contributed by atoms with van der Waals surface area (Å²) >= 11 is 0. The normalized spacial score (nSPS) is 12.2. The molecule has 0 unspecified atom stereocenters. The van der Waals surface area contributed by atoms with E-state index in [1.165, 1.54) is 4.31 Å². The standard InChI is InChI=1S/C24H32N4O3S/c1-18(2)15-27(16-21-11-8-14-26(21)5)23(29)17-28(19(3)4)32(30,31)22-12-6-9-20-10-7-13-25-24(20)22/h6-14,18-19H,15-17H2,1-5H3. The van der Waals surface area contributed by atoms with Crippen molar-refractivity contribution in [1.82, 2.24) is 18.8 Å². The van der Waals surface area contributed by atoms with E-state index in [1.807, 2.05) is 55.9 Å². The zero-order valence-corrected chi connectivity index (χ0v) is 20.2. The Bertz CT molecular complexity index is 1180. The van der Waals surface area contributed by atoms with E-state index in [0.29, 0.717) is 18.6 Å². The van der Waals surface area contributed by atoms with Crippen molar-refractivity contribution in [2.45, 2.75) is 45.2 Å². The quantitative estimate of drug-likeness (QED) is 0.492. The van der Waals surface area contributed by atoms with Crippen LogP contribution in [-0.2, 0) is 28.4 Å². The molecule has 0 bridgehead atoms. The number of aryl methyl sites for hydroxylation is 1. The van der Waals surface area contributed by atoms with E-state index in [4.69, 9.17) is 0 Å². The highest BCUT2D eigenvalue weighted by atomic mass is 32.2. The van der Waals surface area contributed by atoms with Gasteiger partial charge in [-0.05, 0) is 44.0 Å². The number of hydrogen-bond acceptors (Lipinski definition) is 4. The van der Waals surface area contributed by atoms with Crippen molar-refractivity contribution in [3.8, 4) is 0 Å². The van der Waals surface area contributed by atoms with Crippen LogP contribution in [0.3, 0.4) is 0 Å². The summed E-state index contributed by atoms with van der Waals surface area (Å²) in [6.07, 6.45) is 3.52. The first-order chi connectivity index (χ1) is 15.1. The molecule has 32 heavy (non-hydrogen) atoms. The van der Waals surface area contributed by atoms with E-state index in [1.54, 1.807) is 43.1 Å². The fraction of sp³-hybridized carbons (Fsp3) is 0.417. The Morgan fingerprint density at radius 3 is 2.41 bits per heavy atom. The average Bonchev–Trinajstić information content (AvgIpc) is 3.14. The fourth-order valence-electron chi connectivity index (χ4n) is 3.74. The van der Waals surface area contributed by atoms with Crippen LogP contribution >= 0.6 is 0 Å². The molecule has 8 heteroatoms. The van der Waals surface area contributed by atoms with Crippen LogP contribution in [0.25, 0.3) is 10.9 Å². The Kier molecular flexibility index (Phi) is 7.36. The Morgan fingerprint density at radius 2 is 1.78 bits per heavy atom. The summed E-state index contributed by atoms with van der Waals surface area (Å²) in [5.74, 6) is 0.0379. The third-order valence-corrected chi connectivity index (χ3v) is 7.45.